The van der Waals surface area contributed by atoms with E-state index < -0.39 is 0 Å². The van der Waals surface area contributed by atoms with Gasteiger partial charge in [-0.3, -0.25) is 9.59 Å². The summed E-state index contributed by atoms with van der Waals surface area (Å²) in [5, 5.41) is 9.88. The van der Waals surface area contributed by atoms with Crippen LogP contribution in [0.25, 0.3) is 0 Å². The zero-order valence-electron chi connectivity index (χ0n) is 13.7. The minimum Gasteiger partial charge on any atom is -0.507 e. The highest BCUT2D eigenvalue weighted by molar-refractivity contribution is 9.10. The predicted molar refractivity (Wildman–Crippen MR) is 98.7 cm³/mol. The third-order valence-corrected chi connectivity index (χ3v) is 5.00. The quantitative estimate of drug-likeness (QED) is 0.838. The molecular formula is C19H19BrN2O3. The fraction of sp³-hybridized carbons (Fsp3) is 0.263. The Balaban J connectivity index is 1.70. The van der Waals surface area contributed by atoms with Crippen LogP contribution in [-0.2, 0) is 0 Å². The fourth-order valence-electron chi connectivity index (χ4n) is 2.95. The van der Waals surface area contributed by atoms with E-state index in [0.717, 1.165) is 4.47 Å². The van der Waals surface area contributed by atoms with Crippen molar-refractivity contribution >= 4 is 27.7 Å². The predicted octanol–water partition coefficient (Wildman–Crippen LogP) is 3.14. The second kappa shape index (κ2) is 7.70. The summed E-state index contributed by atoms with van der Waals surface area (Å²) < 4.78 is 0.770. The number of para-hydroxylation sites is 1. The van der Waals surface area contributed by atoms with Gasteiger partial charge >= 0.3 is 0 Å². The van der Waals surface area contributed by atoms with Gasteiger partial charge in [-0.2, -0.15) is 0 Å². The van der Waals surface area contributed by atoms with Crippen molar-refractivity contribution in [2.45, 2.75) is 6.42 Å². The average Bonchev–Trinajstić information content (AvgIpc) is 2.87. The maximum atomic E-state index is 12.7. The second-order valence-corrected chi connectivity index (χ2v) is 6.79. The highest BCUT2D eigenvalue weighted by Gasteiger charge is 2.25. The number of amides is 2. The molecule has 0 aromatic heterocycles. The number of phenols is 1. The summed E-state index contributed by atoms with van der Waals surface area (Å²) in [4.78, 5) is 28.8. The summed E-state index contributed by atoms with van der Waals surface area (Å²) in [5.41, 5.74) is 0.927. The van der Waals surface area contributed by atoms with E-state index in [0.29, 0.717) is 43.7 Å². The maximum Gasteiger partial charge on any atom is 0.257 e. The molecule has 1 N–H and O–H groups in total. The lowest BCUT2D eigenvalue weighted by Gasteiger charge is -2.23. The number of rotatable bonds is 2. The highest BCUT2D eigenvalue weighted by atomic mass is 79.9. The van der Waals surface area contributed by atoms with Gasteiger partial charge in [0.1, 0.15) is 5.75 Å². The van der Waals surface area contributed by atoms with Gasteiger partial charge in [-0.15, -0.1) is 0 Å². The molecule has 25 heavy (non-hydrogen) atoms. The van der Waals surface area contributed by atoms with Crippen LogP contribution in [0.5, 0.6) is 5.75 Å². The maximum absolute atomic E-state index is 12.7. The molecule has 0 spiro atoms. The summed E-state index contributed by atoms with van der Waals surface area (Å²) in [6, 6.07) is 13.9. The van der Waals surface area contributed by atoms with E-state index in [9.17, 15) is 14.7 Å². The lowest BCUT2D eigenvalue weighted by Crippen LogP contribution is -2.37. The Morgan fingerprint density at radius 1 is 0.800 bits per heavy atom. The van der Waals surface area contributed by atoms with Crippen LogP contribution in [0.3, 0.4) is 0 Å². The van der Waals surface area contributed by atoms with Crippen molar-refractivity contribution in [3.8, 4) is 5.75 Å². The van der Waals surface area contributed by atoms with Crippen LogP contribution in [-0.4, -0.2) is 52.9 Å². The molecule has 6 heteroatoms. The Kier molecular flexibility index (Phi) is 5.38. The van der Waals surface area contributed by atoms with E-state index in [1.165, 1.54) is 6.07 Å². The van der Waals surface area contributed by atoms with Crippen molar-refractivity contribution in [2.24, 2.45) is 0 Å². The first kappa shape index (κ1) is 17.5. The van der Waals surface area contributed by atoms with Gasteiger partial charge in [0.15, 0.2) is 0 Å². The van der Waals surface area contributed by atoms with Crippen molar-refractivity contribution in [1.82, 2.24) is 9.80 Å². The number of phenolic OH excluding ortho intramolecular Hbond substituents is 1. The normalized spacial score (nSPS) is 14.9. The van der Waals surface area contributed by atoms with Gasteiger partial charge in [-0.1, -0.05) is 24.3 Å². The van der Waals surface area contributed by atoms with Crippen LogP contribution in [0.4, 0.5) is 0 Å². The fourth-order valence-corrected chi connectivity index (χ4v) is 3.41. The number of aromatic hydroxyl groups is 1. The first-order valence-corrected chi connectivity index (χ1v) is 8.98. The molecule has 0 aliphatic carbocycles. The summed E-state index contributed by atoms with van der Waals surface area (Å²) >= 11 is 3.42. The molecule has 0 saturated carbocycles. The van der Waals surface area contributed by atoms with Crippen molar-refractivity contribution in [3.05, 3.63) is 64.1 Å². The Bertz CT molecular complexity index is 728. The number of carbonyl (C=O) groups is 2. The zero-order chi connectivity index (χ0) is 17.8. The third kappa shape index (κ3) is 3.85. The molecular weight excluding hydrogens is 384 g/mol. The Morgan fingerprint density at radius 3 is 1.92 bits per heavy atom. The Labute approximate surface area is 155 Å². The number of halogens is 1. The molecule has 0 radical (unpaired) electrons. The van der Waals surface area contributed by atoms with Crippen LogP contribution in [0, 0.1) is 0 Å². The summed E-state index contributed by atoms with van der Waals surface area (Å²) in [7, 11) is 0. The number of nitrogens with zero attached hydrogens (tertiary/aromatic N) is 2. The molecule has 2 aromatic rings. The zero-order valence-corrected chi connectivity index (χ0v) is 15.3. The van der Waals surface area contributed by atoms with Crippen LogP contribution >= 0.6 is 15.9 Å². The lowest BCUT2D eigenvalue weighted by atomic mass is 10.1. The van der Waals surface area contributed by atoms with Crippen LogP contribution < -0.4 is 0 Å². The molecule has 130 valence electrons. The van der Waals surface area contributed by atoms with Crippen LogP contribution in [0.1, 0.15) is 27.1 Å². The monoisotopic (exact) mass is 402 g/mol. The van der Waals surface area contributed by atoms with Gasteiger partial charge < -0.3 is 14.9 Å². The van der Waals surface area contributed by atoms with E-state index in [1.54, 1.807) is 34.1 Å². The SMILES string of the molecule is O=C(c1ccccc1O)N1CCCN(C(=O)c2ccccc2Br)CC1. The molecule has 0 unspecified atom stereocenters. The molecule has 1 aliphatic heterocycles. The van der Waals surface area contributed by atoms with Crippen LogP contribution in [0.2, 0.25) is 0 Å². The smallest absolute Gasteiger partial charge is 0.257 e. The van der Waals surface area contributed by atoms with Gasteiger partial charge in [0.25, 0.3) is 11.8 Å². The standard InChI is InChI=1S/C19H19BrN2O3/c20-16-8-3-1-6-14(16)18(24)21-10-5-11-22(13-12-21)19(25)15-7-2-4-9-17(15)23/h1-4,6-9,23H,5,10-13H2. The van der Waals surface area contributed by atoms with Gasteiger partial charge in [-0.05, 0) is 46.6 Å². The molecule has 1 saturated heterocycles. The van der Waals surface area contributed by atoms with Gasteiger partial charge in [0.2, 0.25) is 0 Å². The number of hydrogen-bond acceptors (Lipinski definition) is 3. The second-order valence-electron chi connectivity index (χ2n) is 5.93. The Hall–Kier alpha value is -2.34. The molecule has 2 amide bonds. The van der Waals surface area contributed by atoms with Gasteiger partial charge in [-0.25, -0.2) is 0 Å². The highest BCUT2D eigenvalue weighted by Crippen LogP contribution is 2.21. The average molecular weight is 403 g/mol. The molecule has 0 atom stereocenters. The number of carbonyl (C=O) groups excluding carboxylic acids is 2. The molecule has 0 bridgehead atoms. The van der Waals surface area contributed by atoms with Crippen molar-refractivity contribution in [1.29, 1.82) is 0 Å². The van der Waals surface area contributed by atoms with Crippen LogP contribution in [0.15, 0.2) is 53.0 Å². The van der Waals surface area contributed by atoms with E-state index in [2.05, 4.69) is 15.9 Å². The van der Waals surface area contributed by atoms with E-state index in [4.69, 9.17) is 0 Å². The number of benzene rings is 2. The first-order chi connectivity index (χ1) is 12.1. The topological polar surface area (TPSA) is 60.9 Å². The third-order valence-electron chi connectivity index (χ3n) is 4.31. The molecule has 1 aliphatic rings. The van der Waals surface area contributed by atoms with Crippen molar-refractivity contribution in [2.75, 3.05) is 26.2 Å². The molecule has 5 nitrogen and oxygen atoms in total. The van der Waals surface area contributed by atoms with Gasteiger partial charge in [0, 0.05) is 30.7 Å². The lowest BCUT2D eigenvalue weighted by molar-refractivity contribution is 0.0716. The largest absolute Gasteiger partial charge is 0.507 e. The molecule has 1 heterocycles. The minimum atomic E-state index is -0.201. The van der Waals surface area contributed by atoms with Gasteiger partial charge in [0.05, 0.1) is 11.1 Å². The van der Waals surface area contributed by atoms with Crippen molar-refractivity contribution in [3.63, 3.8) is 0 Å². The van der Waals surface area contributed by atoms with E-state index in [-0.39, 0.29) is 17.6 Å². The first-order valence-electron chi connectivity index (χ1n) is 8.19. The molecule has 3 rings (SSSR count). The van der Waals surface area contributed by atoms with E-state index >= 15 is 0 Å². The minimum absolute atomic E-state index is 0.0158. The Morgan fingerprint density at radius 2 is 1.32 bits per heavy atom. The summed E-state index contributed by atoms with van der Waals surface area (Å²) in [6.45, 7) is 2.08. The summed E-state index contributed by atoms with van der Waals surface area (Å²) in [6.07, 6.45) is 0.704. The molecule has 1 fully saturated rings. The number of hydrogen-bond donors (Lipinski definition) is 1. The van der Waals surface area contributed by atoms with Crippen molar-refractivity contribution < 1.29 is 14.7 Å². The van der Waals surface area contributed by atoms with E-state index in [1.807, 2.05) is 18.2 Å². The molecule has 2 aromatic carbocycles. The summed E-state index contributed by atoms with van der Waals surface area (Å²) in [5.74, 6) is -0.254.